The molecule has 4 aromatic rings. The van der Waals surface area contributed by atoms with Gasteiger partial charge in [-0.05, 0) is 41.5 Å². The second-order valence-corrected chi connectivity index (χ2v) is 10.6. The van der Waals surface area contributed by atoms with Crippen LogP contribution in [0.4, 0.5) is 0 Å². The summed E-state index contributed by atoms with van der Waals surface area (Å²) in [6.45, 7) is 5.68. The van der Waals surface area contributed by atoms with Gasteiger partial charge in [0, 0.05) is 11.0 Å². The van der Waals surface area contributed by atoms with Crippen molar-refractivity contribution < 1.29 is 13.2 Å². The van der Waals surface area contributed by atoms with E-state index >= 15 is 0 Å². The third-order valence-corrected chi connectivity index (χ3v) is 7.58. The number of benzene rings is 4. The van der Waals surface area contributed by atoms with Gasteiger partial charge in [0.25, 0.3) is 0 Å². The van der Waals surface area contributed by atoms with Crippen LogP contribution in [0.2, 0.25) is 0 Å². The Kier molecular flexibility index (Phi) is 6.19. The van der Waals surface area contributed by atoms with Crippen molar-refractivity contribution in [2.45, 2.75) is 37.1 Å². The smallest absolute Gasteiger partial charge is 0.241 e. The summed E-state index contributed by atoms with van der Waals surface area (Å²) in [6.07, 6.45) is 0. The highest BCUT2D eigenvalue weighted by Crippen LogP contribution is 2.31. The van der Waals surface area contributed by atoms with Crippen LogP contribution in [-0.4, -0.2) is 20.2 Å². The predicted octanol–water partition coefficient (Wildman–Crippen LogP) is 5.66. The van der Waals surface area contributed by atoms with E-state index in [1.807, 2.05) is 87.5 Å². The minimum Gasteiger partial charge on any atom is -0.292 e. The Morgan fingerprint density at radius 2 is 1.39 bits per heavy atom. The van der Waals surface area contributed by atoms with Gasteiger partial charge in [-0.3, -0.25) is 4.79 Å². The third kappa shape index (κ3) is 4.75. The lowest BCUT2D eigenvalue weighted by Gasteiger charge is -2.34. The van der Waals surface area contributed by atoms with Crippen molar-refractivity contribution in [3.8, 4) is 0 Å². The topological polar surface area (TPSA) is 63.2 Å². The van der Waals surface area contributed by atoms with Crippen LogP contribution in [0.5, 0.6) is 0 Å². The highest BCUT2D eigenvalue weighted by Gasteiger charge is 2.40. The molecule has 33 heavy (non-hydrogen) atoms. The monoisotopic (exact) mass is 457 g/mol. The van der Waals surface area contributed by atoms with Crippen LogP contribution < -0.4 is 4.72 Å². The fraction of sp³-hybridized carbons (Fsp3) is 0.179. The number of nitrogens with one attached hydrogen (secondary N) is 1. The Hall–Kier alpha value is -3.28. The van der Waals surface area contributed by atoms with E-state index in [-0.39, 0.29) is 10.7 Å². The van der Waals surface area contributed by atoms with E-state index in [0.29, 0.717) is 5.56 Å². The maximum atomic E-state index is 13.8. The van der Waals surface area contributed by atoms with Crippen LogP contribution in [0, 0.1) is 6.92 Å². The molecule has 0 spiro atoms. The van der Waals surface area contributed by atoms with E-state index in [0.717, 1.165) is 21.9 Å². The summed E-state index contributed by atoms with van der Waals surface area (Å²) in [5.74, 6) is -0.273. The number of hydrogen-bond acceptors (Lipinski definition) is 3. The minimum absolute atomic E-state index is 0.133. The lowest BCUT2D eigenvalue weighted by Crippen LogP contribution is -2.52. The molecule has 0 aromatic heterocycles. The molecule has 0 saturated heterocycles. The Morgan fingerprint density at radius 3 is 2.06 bits per heavy atom. The number of fused-ring (bicyclic) bond motifs is 1. The van der Waals surface area contributed by atoms with Crippen LogP contribution in [0.15, 0.2) is 102 Å². The summed E-state index contributed by atoms with van der Waals surface area (Å²) in [6, 6.07) is 28.4. The van der Waals surface area contributed by atoms with Gasteiger partial charge in [0.05, 0.1) is 10.9 Å². The summed E-state index contributed by atoms with van der Waals surface area (Å²) < 4.78 is 29.4. The zero-order valence-corrected chi connectivity index (χ0v) is 19.8. The molecule has 0 aliphatic heterocycles. The quantitative estimate of drug-likeness (QED) is 0.365. The number of rotatable bonds is 7. The van der Waals surface area contributed by atoms with Crippen molar-refractivity contribution in [3.63, 3.8) is 0 Å². The maximum absolute atomic E-state index is 13.8. The summed E-state index contributed by atoms with van der Waals surface area (Å²) >= 11 is 0. The molecule has 1 atom stereocenters. The van der Waals surface area contributed by atoms with Gasteiger partial charge in [0.2, 0.25) is 10.0 Å². The van der Waals surface area contributed by atoms with Gasteiger partial charge in [-0.1, -0.05) is 98.3 Å². The molecule has 4 aromatic carbocycles. The molecular weight excluding hydrogens is 430 g/mol. The van der Waals surface area contributed by atoms with E-state index in [4.69, 9.17) is 0 Å². The largest absolute Gasteiger partial charge is 0.292 e. The number of Topliss-reactive ketones (excluding diaryl/α,β-unsaturated/α-hetero) is 1. The molecule has 0 fully saturated rings. The molecular formula is C28H27NO3S. The van der Waals surface area contributed by atoms with Crippen LogP contribution in [0.25, 0.3) is 10.8 Å². The van der Waals surface area contributed by atoms with Gasteiger partial charge >= 0.3 is 0 Å². The number of carbonyl (C=O) groups is 1. The Bertz CT molecular complexity index is 1390. The van der Waals surface area contributed by atoms with Crippen molar-refractivity contribution >= 4 is 26.6 Å². The van der Waals surface area contributed by atoms with Gasteiger partial charge in [-0.15, -0.1) is 0 Å². The predicted molar refractivity (Wildman–Crippen MR) is 133 cm³/mol. The number of ketones is 1. The van der Waals surface area contributed by atoms with E-state index in [9.17, 15) is 13.2 Å². The Labute approximate surface area is 195 Å². The zero-order chi connectivity index (χ0) is 23.6. The molecule has 1 N–H and O–H groups in total. The molecule has 0 amide bonds. The van der Waals surface area contributed by atoms with Crippen molar-refractivity contribution in [1.29, 1.82) is 0 Å². The van der Waals surface area contributed by atoms with Gasteiger partial charge < -0.3 is 0 Å². The summed E-state index contributed by atoms with van der Waals surface area (Å²) in [4.78, 5) is 14.0. The second-order valence-electron chi connectivity index (χ2n) is 8.88. The van der Waals surface area contributed by atoms with Gasteiger partial charge in [-0.2, -0.15) is 4.72 Å². The van der Waals surface area contributed by atoms with E-state index in [1.165, 1.54) is 0 Å². The highest BCUT2D eigenvalue weighted by atomic mass is 32.2. The second kappa shape index (κ2) is 8.93. The number of aryl methyl sites for hydroxylation is 1. The fourth-order valence-corrected chi connectivity index (χ4v) is 5.36. The lowest BCUT2D eigenvalue weighted by atomic mass is 9.75. The Balaban J connectivity index is 1.79. The first-order chi connectivity index (χ1) is 15.7. The van der Waals surface area contributed by atoms with Gasteiger partial charge in [0.15, 0.2) is 5.78 Å². The molecule has 0 aliphatic carbocycles. The van der Waals surface area contributed by atoms with Crippen LogP contribution >= 0.6 is 0 Å². The molecule has 0 aliphatic rings. The normalized spacial score (nSPS) is 13.1. The van der Waals surface area contributed by atoms with Crippen molar-refractivity contribution in [2.24, 2.45) is 0 Å². The lowest BCUT2D eigenvalue weighted by molar-refractivity contribution is 0.0916. The van der Waals surface area contributed by atoms with Crippen LogP contribution in [-0.2, 0) is 15.4 Å². The highest BCUT2D eigenvalue weighted by molar-refractivity contribution is 7.89. The number of carbonyl (C=O) groups excluding carboxylic acids is 1. The SMILES string of the molecule is Cc1ccc(S(=O)(=O)N[C@H](C(=O)c2ccc3ccccc3c2)C(C)(C)c2ccccc2)cc1. The summed E-state index contributed by atoms with van der Waals surface area (Å²) in [5.41, 5.74) is 1.49. The molecule has 0 bridgehead atoms. The molecule has 4 nitrogen and oxygen atoms in total. The first-order valence-electron chi connectivity index (χ1n) is 10.9. The average Bonchev–Trinajstić information content (AvgIpc) is 2.82. The maximum Gasteiger partial charge on any atom is 0.241 e. The fourth-order valence-electron chi connectivity index (χ4n) is 4.01. The van der Waals surface area contributed by atoms with E-state index in [1.54, 1.807) is 30.3 Å². The van der Waals surface area contributed by atoms with Gasteiger partial charge in [0.1, 0.15) is 0 Å². The van der Waals surface area contributed by atoms with Crippen molar-refractivity contribution in [1.82, 2.24) is 4.72 Å². The zero-order valence-electron chi connectivity index (χ0n) is 18.9. The number of hydrogen-bond donors (Lipinski definition) is 1. The Morgan fingerprint density at radius 1 is 0.788 bits per heavy atom. The molecule has 4 rings (SSSR count). The van der Waals surface area contributed by atoms with Crippen LogP contribution in [0.1, 0.15) is 35.3 Å². The summed E-state index contributed by atoms with van der Waals surface area (Å²) in [5, 5.41) is 1.95. The molecule has 168 valence electrons. The van der Waals surface area contributed by atoms with Crippen molar-refractivity contribution in [2.75, 3.05) is 0 Å². The molecule has 0 unspecified atom stereocenters. The molecule has 0 saturated carbocycles. The third-order valence-electron chi connectivity index (χ3n) is 6.14. The average molecular weight is 458 g/mol. The standard InChI is InChI=1S/C28H27NO3S/c1-20-13-17-25(18-14-20)33(31,32)29-27(28(2,3)24-11-5-4-6-12-24)26(30)23-16-15-21-9-7-8-10-22(21)19-23/h4-19,27,29H,1-3H3/t27-/m1/s1. The van der Waals surface area contributed by atoms with E-state index in [2.05, 4.69) is 4.72 Å². The first kappa shape index (κ1) is 22.9. The minimum atomic E-state index is -3.93. The van der Waals surface area contributed by atoms with Gasteiger partial charge in [-0.25, -0.2) is 8.42 Å². The molecule has 0 radical (unpaired) electrons. The summed E-state index contributed by atoms with van der Waals surface area (Å²) in [7, 11) is -3.93. The number of sulfonamides is 1. The molecule has 0 heterocycles. The first-order valence-corrected chi connectivity index (χ1v) is 12.3. The van der Waals surface area contributed by atoms with E-state index < -0.39 is 21.5 Å². The molecule has 5 heteroatoms. The van der Waals surface area contributed by atoms with Crippen LogP contribution in [0.3, 0.4) is 0 Å². The van der Waals surface area contributed by atoms with Crippen molar-refractivity contribution in [3.05, 3.63) is 114 Å².